The van der Waals surface area contributed by atoms with Crippen LogP contribution in [0.15, 0.2) is 119 Å². The van der Waals surface area contributed by atoms with Crippen LogP contribution in [-0.2, 0) is 4.52 Å². The van der Waals surface area contributed by atoms with Crippen molar-refractivity contribution in [2.45, 2.75) is 47.6 Å². The maximum absolute atomic E-state index is 7.69. The van der Waals surface area contributed by atoms with Crippen molar-refractivity contribution in [3.05, 3.63) is 135 Å². The summed E-state index contributed by atoms with van der Waals surface area (Å²) in [4.78, 5) is 0. The van der Waals surface area contributed by atoms with Crippen molar-refractivity contribution in [2.75, 3.05) is 0 Å². The third-order valence-electron chi connectivity index (χ3n) is 7.32. The van der Waals surface area contributed by atoms with E-state index in [-0.39, 0.29) is 0 Å². The Kier molecular flexibility index (Phi) is 8.01. The summed E-state index contributed by atoms with van der Waals surface area (Å²) in [5.41, 5.74) is 5.48. The molecule has 0 amide bonds. The first-order valence-electron chi connectivity index (χ1n) is 12.9. The van der Waals surface area contributed by atoms with Crippen LogP contribution in [-0.4, -0.2) is 0 Å². The predicted molar refractivity (Wildman–Crippen MR) is 168 cm³/mol. The third-order valence-corrected chi connectivity index (χ3v) is 13.5. The van der Waals surface area contributed by atoms with Crippen LogP contribution in [0.2, 0.25) is 0 Å². The Morgan fingerprint density at radius 1 is 0.789 bits per heavy atom. The fourth-order valence-corrected chi connectivity index (χ4v) is 11.5. The molecule has 1 atom stereocenters. The average molecular weight is 539 g/mol. The Bertz CT molecular complexity index is 1460. The van der Waals surface area contributed by atoms with Gasteiger partial charge in [0.15, 0.2) is 0 Å². The van der Waals surface area contributed by atoms with E-state index < -0.39 is 12.9 Å². The van der Waals surface area contributed by atoms with Crippen molar-refractivity contribution in [2.24, 2.45) is 0 Å². The molecule has 0 aromatic heterocycles. The molecule has 0 fully saturated rings. The minimum atomic E-state index is -3.68. The third kappa shape index (κ3) is 4.52. The van der Waals surface area contributed by atoms with Gasteiger partial charge in [0.1, 0.15) is 0 Å². The van der Waals surface area contributed by atoms with E-state index in [1.807, 2.05) is 19.1 Å². The molecule has 1 unspecified atom stereocenters. The first-order valence-corrected chi connectivity index (χ1v) is 15.4. The molecule has 194 valence electrons. The number of terminal acetylenes is 1. The molecule has 3 heteroatoms. The van der Waals surface area contributed by atoms with Crippen LogP contribution in [0.1, 0.15) is 50.5 Å². The van der Waals surface area contributed by atoms with Gasteiger partial charge in [-0.1, -0.05) is 0 Å². The molecular formula is C35H36ClOP. The molecule has 1 heterocycles. The zero-order chi connectivity index (χ0) is 27.5. The van der Waals surface area contributed by atoms with E-state index in [2.05, 4.69) is 125 Å². The zero-order valence-electron chi connectivity index (χ0n) is 23.1. The summed E-state index contributed by atoms with van der Waals surface area (Å²) in [6.07, 6.45) is 13.9. The maximum atomic E-state index is 7.69. The number of halogens is 1. The van der Waals surface area contributed by atoms with Crippen molar-refractivity contribution in [1.82, 2.24) is 0 Å². The van der Waals surface area contributed by atoms with Gasteiger partial charge in [0.25, 0.3) is 0 Å². The Balaban J connectivity index is 2.24. The first-order chi connectivity index (χ1) is 18.1. The van der Waals surface area contributed by atoms with E-state index in [0.29, 0.717) is 5.03 Å². The quantitative estimate of drug-likeness (QED) is 0.173. The van der Waals surface area contributed by atoms with Gasteiger partial charge in [-0.2, -0.15) is 0 Å². The summed E-state index contributed by atoms with van der Waals surface area (Å²) in [6, 6.07) is 26.3. The van der Waals surface area contributed by atoms with Crippen molar-refractivity contribution in [3.8, 4) is 12.3 Å². The Morgan fingerprint density at radius 3 is 1.84 bits per heavy atom. The molecule has 0 radical (unpaired) electrons. The molecule has 0 bridgehead atoms. The molecule has 3 aromatic rings. The van der Waals surface area contributed by atoms with E-state index in [1.54, 1.807) is 0 Å². The number of rotatable bonds is 6. The topological polar surface area (TPSA) is 9.23 Å². The van der Waals surface area contributed by atoms with Crippen LogP contribution in [0, 0.1) is 26.2 Å². The number of hydrogen-bond donors (Lipinski definition) is 0. The second-order valence-electron chi connectivity index (χ2n) is 10.3. The first kappa shape index (κ1) is 27.9. The SMILES string of the molecule is C#CC(=CC=C(C)Cl)C1OP(C(C)=CC=C(C)C)(c2ccc(C)cc2)(c2ccc(C)cc2)c2ccccc21. The number of fused-ring (bicyclic) bond motifs is 1. The molecule has 0 aliphatic carbocycles. The van der Waals surface area contributed by atoms with Crippen LogP contribution in [0.25, 0.3) is 0 Å². The molecule has 38 heavy (non-hydrogen) atoms. The fraction of sp³-hybridized carbons (Fsp3) is 0.200. The fourth-order valence-electron chi connectivity index (χ4n) is 5.38. The molecule has 0 N–H and O–H groups in total. The molecule has 3 aromatic carbocycles. The molecule has 0 spiro atoms. The van der Waals surface area contributed by atoms with E-state index >= 15 is 0 Å². The molecule has 1 aliphatic rings. The van der Waals surface area contributed by atoms with Gasteiger partial charge in [0.05, 0.1) is 0 Å². The summed E-state index contributed by atoms with van der Waals surface area (Å²) in [6.45, 7) is 8.87. The van der Waals surface area contributed by atoms with Crippen molar-refractivity contribution >= 4 is 34.3 Å². The number of hydrogen-bond acceptors (Lipinski definition) is 1. The second kappa shape index (κ2) is 10.9. The molecular weight excluding hydrogens is 503 g/mol. The van der Waals surface area contributed by atoms with Crippen molar-refractivity contribution in [3.63, 3.8) is 0 Å². The monoisotopic (exact) mass is 538 g/mol. The predicted octanol–water partition coefficient (Wildman–Crippen LogP) is 8.69. The van der Waals surface area contributed by atoms with E-state index in [9.17, 15) is 0 Å². The second-order valence-corrected chi connectivity index (χ2v) is 15.4. The summed E-state index contributed by atoms with van der Waals surface area (Å²) in [5, 5.41) is 5.37. The van der Waals surface area contributed by atoms with Gasteiger partial charge in [-0.25, -0.2) is 0 Å². The number of allylic oxidation sites excluding steroid dienone is 7. The summed E-state index contributed by atoms with van der Waals surface area (Å²) in [7, 11) is 0. The summed E-state index contributed by atoms with van der Waals surface area (Å²) >= 11 is 6.21. The Labute approximate surface area is 233 Å². The van der Waals surface area contributed by atoms with Gasteiger partial charge in [-0.15, -0.1) is 0 Å². The van der Waals surface area contributed by atoms with Gasteiger partial charge < -0.3 is 0 Å². The van der Waals surface area contributed by atoms with Gasteiger partial charge in [0, 0.05) is 0 Å². The molecule has 1 nitrogen and oxygen atoms in total. The Hall–Kier alpha value is -3.14. The Morgan fingerprint density at radius 2 is 1.34 bits per heavy atom. The van der Waals surface area contributed by atoms with Gasteiger partial charge in [-0.3, -0.25) is 0 Å². The molecule has 0 saturated heterocycles. The van der Waals surface area contributed by atoms with Crippen LogP contribution in [0.3, 0.4) is 0 Å². The normalized spacial score (nSPS) is 19.6. The van der Waals surface area contributed by atoms with Gasteiger partial charge >= 0.3 is 234 Å². The van der Waals surface area contributed by atoms with Crippen LogP contribution < -0.4 is 15.9 Å². The molecule has 4 rings (SSSR count). The average Bonchev–Trinajstić information content (AvgIpc) is 3.22. The summed E-state index contributed by atoms with van der Waals surface area (Å²) in [5.74, 6) is 2.93. The molecule has 1 aliphatic heterocycles. The summed E-state index contributed by atoms with van der Waals surface area (Å²) < 4.78 is 7.69. The molecule has 0 saturated carbocycles. The number of aryl methyl sites for hydroxylation is 2. The number of benzene rings is 3. The van der Waals surface area contributed by atoms with Crippen LogP contribution >= 0.6 is 18.4 Å². The van der Waals surface area contributed by atoms with E-state index in [4.69, 9.17) is 22.5 Å². The van der Waals surface area contributed by atoms with Gasteiger partial charge in [-0.05, 0) is 0 Å². The van der Waals surface area contributed by atoms with E-state index in [0.717, 1.165) is 21.7 Å². The van der Waals surface area contributed by atoms with Crippen molar-refractivity contribution in [1.29, 1.82) is 0 Å². The van der Waals surface area contributed by atoms with Gasteiger partial charge in [0.2, 0.25) is 0 Å². The van der Waals surface area contributed by atoms with E-state index in [1.165, 1.54) is 27.3 Å². The minimum absolute atomic E-state index is 0.418. The van der Waals surface area contributed by atoms with Crippen molar-refractivity contribution < 1.29 is 4.52 Å². The van der Waals surface area contributed by atoms with Crippen LogP contribution in [0.5, 0.6) is 0 Å². The zero-order valence-corrected chi connectivity index (χ0v) is 24.8. The standard InChI is InChI=1S/C35H36ClOP/c1-8-30(20-18-28(6)36)35-33-11-9-10-12-34(33)38(37-35,29(7)19-13-25(2)3,31-21-14-26(4)15-22-31)32-23-16-27(5)17-24-32/h1,9-24,35H,2-7H3. The van der Waals surface area contributed by atoms with Crippen LogP contribution in [0.4, 0.5) is 0 Å².